The first kappa shape index (κ1) is 20.4. The first-order valence-corrected chi connectivity index (χ1v) is 11.0. The van der Waals surface area contributed by atoms with Crippen molar-refractivity contribution in [3.05, 3.63) is 40.5 Å². The van der Waals surface area contributed by atoms with Crippen molar-refractivity contribution in [2.75, 3.05) is 43.1 Å². The number of nitrogens with zero attached hydrogens (tertiary/aromatic N) is 3. The second-order valence-electron chi connectivity index (χ2n) is 7.86. The Bertz CT molecular complexity index is 858. The Kier molecular flexibility index (Phi) is 6.26. The summed E-state index contributed by atoms with van der Waals surface area (Å²) in [5.74, 6) is 1.66. The van der Waals surface area contributed by atoms with Crippen molar-refractivity contribution in [1.29, 1.82) is 0 Å². The molecule has 3 heterocycles. The number of halogens is 2. The number of piperidine rings is 1. The molecule has 0 aliphatic carbocycles. The van der Waals surface area contributed by atoms with E-state index in [4.69, 9.17) is 32.7 Å². The van der Waals surface area contributed by atoms with Crippen LogP contribution in [0.25, 0.3) is 0 Å². The molecule has 4 rings (SSSR count). The van der Waals surface area contributed by atoms with E-state index in [-0.39, 0.29) is 6.10 Å². The van der Waals surface area contributed by atoms with Gasteiger partial charge in [0.15, 0.2) is 0 Å². The minimum Gasteiger partial charge on any atom is -0.488 e. The van der Waals surface area contributed by atoms with E-state index in [0.717, 1.165) is 44.0 Å². The predicted molar refractivity (Wildman–Crippen MR) is 119 cm³/mol. The maximum Gasteiger partial charge on any atom is 0.215 e. The third-order valence-corrected chi connectivity index (χ3v) is 6.44. The molecule has 7 heteroatoms. The number of hydrogen-bond acceptors (Lipinski definition) is 5. The van der Waals surface area contributed by atoms with E-state index in [1.807, 2.05) is 18.2 Å². The molecular weight excluding hydrogens is 409 g/mol. The maximum atomic E-state index is 6.55. The first-order chi connectivity index (χ1) is 14.0. The summed E-state index contributed by atoms with van der Waals surface area (Å²) >= 11 is 12.9. The van der Waals surface area contributed by atoms with Gasteiger partial charge in [-0.15, -0.1) is 0 Å². The number of methoxy groups -OCH3 is 1. The highest BCUT2D eigenvalue weighted by molar-refractivity contribution is 6.33. The van der Waals surface area contributed by atoms with Crippen LogP contribution in [0.15, 0.2) is 30.5 Å². The highest BCUT2D eigenvalue weighted by atomic mass is 35.5. The minimum atomic E-state index is 0.115. The second-order valence-corrected chi connectivity index (χ2v) is 8.67. The monoisotopic (exact) mass is 435 g/mol. The van der Waals surface area contributed by atoms with Gasteiger partial charge in [0, 0.05) is 50.3 Å². The zero-order chi connectivity index (χ0) is 20.4. The summed E-state index contributed by atoms with van der Waals surface area (Å²) in [5, 5.41) is 1.32. The normalized spacial score (nSPS) is 22.1. The van der Waals surface area contributed by atoms with E-state index in [1.54, 1.807) is 13.3 Å². The molecule has 0 saturated carbocycles. The summed E-state index contributed by atoms with van der Waals surface area (Å²) in [5.41, 5.74) is 2.14. The second kappa shape index (κ2) is 8.88. The Morgan fingerprint density at radius 3 is 2.52 bits per heavy atom. The van der Waals surface area contributed by atoms with Crippen molar-refractivity contribution in [3.8, 4) is 11.6 Å². The molecule has 0 amide bonds. The number of aromatic nitrogens is 1. The van der Waals surface area contributed by atoms with Crippen LogP contribution >= 0.6 is 23.2 Å². The molecule has 0 spiro atoms. The lowest BCUT2D eigenvalue weighted by Crippen LogP contribution is -2.44. The Morgan fingerprint density at radius 2 is 1.83 bits per heavy atom. The van der Waals surface area contributed by atoms with Crippen LogP contribution in [0.2, 0.25) is 10.0 Å². The third kappa shape index (κ3) is 4.51. The predicted octanol–water partition coefficient (Wildman–Crippen LogP) is 5.29. The van der Waals surface area contributed by atoms with E-state index < -0.39 is 0 Å². The standard InChI is InChI=1S/C22H27Cl2N3O2/c1-15-14-27(19-12-22(28-2)25-13-18(19)24)10-7-20(15)29-21-6-5-16(11-17(21)23)26-8-3-4-9-26/h5-6,11-13,15,20H,3-4,7-10,14H2,1-2H3. The molecule has 2 unspecified atom stereocenters. The Hall–Kier alpha value is -1.85. The quantitative estimate of drug-likeness (QED) is 0.637. The van der Waals surface area contributed by atoms with Gasteiger partial charge < -0.3 is 19.3 Å². The number of ether oxygens (including phenoxy) is 2. The summed E-state index contributed by atoms with van der Waals surface area (Å²) in [6, 6.07) is 8.06. The zero-order valence-electron chi connectivity index (χ0n) is 16.9. The minimum absolute atomic E-state index is 0.115. The highest BCUT2D eigenvalue weighted by Gasteiger charge is 2.29. The summed E-state index contributed by atoms with van der Waals surface area (Å²) in [4.78, 5) is 8.82. The van der Waals surface area contributed by atoms with Crippen LogP contribution in [0, 0.1) is 5.92 Å². The van der Waals surface area contributed by atoms with Gasteiger partial charge in [0.05, 0.1) is 29.0 Å². The summed E-state index contributed by atoms with van der Waals surface area (Å²) in [6.07, 6.45) is 5.15. The average molecular weight is 436 g/mol. The van der Waals surface area contributed by atoms with E-state index in [1.165, 1.54) is 18.5 Å². The Labute approximate surface area is 182 Å². The van der Waals surface area contributed by atoms with Crippen LogP contribution in [0.5, 0.6) is 11.6 Å². The molecule has 2 aliphatic heterocycles. The SMILES string of the molecule is COc1cc(N2CCC(Oc3ccc(N4CCCC4)cc3Cl)C(C)C2)c(Cl)cn1. The molecule has 5 nitrogen and oxygen atoms in total. The molecule has 0 radical (unpaired) electrons. The smallest absolute Gasteiger partial charge is 0.215 e. The number of benzene rings is 1. The largest absolute Gasteiger partial charge is 0.488 e. The summed E-state index contributed by atoms with van der Waals surface area (Å²) in [7, 11) is 1.61. The molecule has 156 valence electrons. The van der Waals surface area contributed by atoms with Gasteiger partial charge in [-0.3, -0.25) is 0 Å². The molecule has 2 saturated heterocycles. The molecule has 2 aliphatic rings. The van der Waals surface area contributed by atoms with Crippen LogP contribution in [0.1, 0.15) is 26.2 Å². The molecule has 0 bridgehead atoms. The fourth-order valence-electron chi connectivity index (χ4n) is 4.20. The van der Waals surface area contributed by atoms with Crippen LogP contribution < -0.4 is 19.3 Å². The van der Waals surface area contributed by atoms with Crippen LogP contribution in [-0.2, 0) is 0 Å². The number of pyridine rings is 1. The van der Waals surface area contributed by atoms with Crippen LogP contribution in [0.3, 0.4) is 0 Å². The molecule has 0 N–H and O–H groups in total. The topological polar surface area (TPSA) is 37.8 Å². The van der Waals surface area contributed by atoms with E-state index in [2.05, 4.69) is 27.8 Å². The van der Waals surface area contributed by atoms with Gasteiger partial charge in [0.25, 0.3) is 0 Å². The third-order valence-electron chi connectivity index (χ3n) is 5.85. The van der Waals surface area contributed by atoms with Gasteiger partial charge in [-0.1, -0.05) is 30.1 Å². The first-order valence-electron chi connectivity index (χ1n) is 10.2. The fraction of sp³-hybridized carbons (Fsp3) is 0.500. The Balaban J connectivity index is 1.42. The molecule has 2 fully saturated rings. The molecule has 1 aromatic heterocycles. The molecule has 29 heavy (non-hydrogen) atoms. The van der Waals surface area contributed by atoms with Crippen molar-refractivity contribution < 1.29 is 9.47 Å². The van der Waals surface area contributed by atoms with Crippen molar-refractivity contribution in [2.24, 2.45) is 5.92 Å². The number of hydrogen-bond donors (Lipinski definition) is 0. The van der Waals surface area contributed by atoms with Crippen molar-refractivity contribution in [3.63, 3.8) is 0 Å². The lowest BCUT2D eigenvalue weighted by molar-refractivity contribution is 0.121. The molecular formula is C22H27Cl2N3O2. The van der Waals surface area contributed by atoms with Gasteiger partial charge in [-0.25, -0.2) is 4.98 Å². The average Bonchev–Trinajstić information content (AvgIpc) is 3.26. The number of anilines is 2. The van der Waals surface area contributed by atoms with Gasteiger partial charge in [-0.2, -0.15) is 0 Å². The van der Waals surface area contributed by atoms with Gasteiger partial charge >= 0.3 is 0 Å². The Morgan fingerprint density at radius 1 is 1.03 bits per heavy atom. The van der Waals surface area contributed by atoms with E-state index in [9.17, 15) is 0 Å². The lowest BCUT2D eigenvalue weighted by atomic mass is 9.96. The number of rotatable bonds is 5. The molecule has 1 aromatic carbocycles. The highest BCUT2D eigenvalue weighted by Crippen LogP contribution is 2.35. The van der Waals surface area contributed by atoms with Crippen LogP contribution in [0.4, 0.5) is 11.4 Å². The van der Waals surface area contributed by atoms with Crippen molar-refractivity contribution in [1.82, 2.24) is 4.98 Å². The van der Waals surface area contributed by atoms with Crippen LogP contribution in [-0.4, -0.2) is 44.4 Å². The zero-order valence-corrected chi connectivity index (χ0v) is 18.4. The van der Waals surface area contributed by atoms with Gasteiger partial charge in [-0.05, 0) is 31.0 Å². The molecule has 2 aromatic rings. The fourth-order valence-corrected chi connectivity index (χ4v) is 4.64. The maximum absolute atomic E-state index is 6.55. The van der Waals surface area contributed by atoms with Crippen molar-refractivity contribution >= 4 is 34.6 Å². The van der Waals surface area contributed by atoms with E-state index >= 15 is 0 Å². The van der Waals surface area contributed by atoms with E-state index in [0.29, 0.717) is 21.8 Å². The summed E-state index contributed by atoms with van der Waals surface area (Å²) < 4.78 is 11.6. The summed E-state index contributed by atoms with van der Waals surface area (Å²) in [6.45, 7) is 6.12. The lowest BCUT2D eigenvalue weighted by Gasteiger charge is -2.38. The van der Waals surface area contributed by atoms with Gasteiger partial charge in [0.1, 0.15) is 11.9 Å². The molecule has 2 atom stereocenters. The van der Waals surface area contributed by atoms with Crippen molar-refractivity contribution in [2.45, 2.75) is 32.3 Å². The van der Waals surface area contributed by atoms with Gasteiger partial charge in [0.2, 0.25) is 5.88 Å².